The van der Waals surface area contributed by atoms with Crippen molar-refractivity contribution in [3.8, 4) is 5.75 Å². The van der Waals surface area contributed by atoms with Gasteiger partial charge in [-0.2, -0.15) is 0 Å². The number of hydrogen-bond donors (Lipinski definition) is 1. The Morgan fingerprint density at radius 2 is 2.05 bits per heavy atom. The molecule has 1 rings (SSSR count). The lowest BCUT2D eigenvalue weighted by atomic mass is 10.3. The normalized spacial score (nSPS) is 11.3. The highest BCUT2D eigenvalue weighted by Crippen LogP contribution is 2.32. The third-order valence-corrected chi connectivity index (χ3v) is 2.45. The maximum atomic E-state index is 12.3. The van der Waals surface area contributed by atoms with Crippen LogP contribution < -0.4 is 10.1 Å². The molecule has 0 saturated heterocycles. The van der Waals surface area contributed by atoms with Gasteiger partial charge in [-0.3, -0.25) is 4.79 Å². The number of ether oxygens (including phenoxy) is 2. The second kappa shape index (κ2) is 6.83. The first-order valence-electron chi connectivity index (χ1n) is 5.66. The predicted octanol–water partition coefficient (Wildman–Crippen LogP) is 3.71. The van der Waals surface area contributed by atoms with E-state index in [0.29, 0.717) is 4.47 Å². The summed E-state index contributed by atoms with van der Waals surface area (Å²) in [6.07, 6.45) is -5.10. The van der Waals surface area contributed by atoms with E-state index in [0.717, 1.165) is 6.07 Å². The van der Waals surface area contributed by atoms with E-state index in [9.17, 15) is 18.0 Å². The van der Waals surface area contributed by atoms with E-state index >= 15 is 0 Å². The lowest BCUT2D eigenvalue weighted by molar-refractivity contribution is -0.274. The van der Waals surface area contributed by atoms with E-state index in [2.05, 4.69) is 26.0 Å². The van der Waals surface area contributed by atoms with Gasteiger partial charge in [0.2, 0.25) is 0 Å². The van der Waals surface area contributed by atoms with Crippen molar-refractivity contribution >= 4 is 27.6 Å². The number of hydrogen-bond acceptors (Lipinski definition) is 4. The SMILES string of the molecule is CC(C)OC(=O)CNc1ccc(Br)cc1OC(F)(F)F. The molecule has 0 aromatic heterocycles. The molecule has 0 aliphatic carbocycles. The van der Waals surface area contributed by atoms with Crippen LogP contribution >= 0.6 is 15.9 Å². The molecule has 1 aromatic carbocycles. The molecule has 0 heterocycles. The van der Waals surface area contributed by atoms with Crippen LogP contribution in [0.1, 0.15) is 13.8 Å². The second-order valence-electron chi connectivity index (χ2n) is 4.08. The van der Waals surface area contributed by atoms with Crippen molar-refractivity contribution < 1.29 is 27.4 Å². The summed E-state index contributed by atoms with van der Waals surface area (Å²) in [5.41, 5.74) is 0.0474. The highest BCUT2D eigenvalue weighted by molar-refractivity contribution is 9.10. The summed E-state index contributed by atoms with van der Waals surface area (Å²) in [5, 5.41) is 2.55. The summed E-state index contributed by atoms with van der Waals surface area (Å²) in [7, 11) is 0. The number of carbonyl (C=O) groups is 1. The minimum Gasteiger partial charge on any atom is -0.462 e. The Bertz CT molecular complexity index is 478. The fraction of sp³-hybridized carbons (Fsp3) is 0.417. The summed E-state index contributed by atoms with van der Waals surface area (Å²) in [5.74, 6) is -0.995. The minimum atomic E-state index is -4.81. The molecule has 0 saturated carbocycles. The van der Waals surface area contributed by atoms with Crippen LogP contribution in [0, 0.1) is 0 Å². The van der Waals surface area contributed by atoms with Crippen LogP contribution in [0.3, 0.4) is 0 Å². The summed E-state index contributed by atoms with van der Waals surface area (Å²) in [6.45, 7) is 3.10. The molecule has 0 fully saturated rings. The van der Waals surface area contributed by atoms with Gasteiger partial charge in [0.05, 0.1) is 11.8 Å². The Balaban J connectivity index is 2.76. The van der Waals surface area contributed by atoms with Crippen LogP contribution in [0.5, 0.6) is 5.75 Å². The van der Waals surface area contributed by atoms with Crippen LogP contribution in [-0.4, -0.2) is 25.0 Å². The van der Waals surface area contributed by atoms with Crippen molar-refractivity contribution in [3.05, 3.63) is 22.7 Å². The first-order valence-corrected chi connectivity index (χ1v) is 6.45. The minimum absolute atomic E-state index is 0.0474. The van der Waals surface area contributed by atoms with Gasteiger partial charge >= 0.3 is 12.3 Å². The number of esters is 1. The zero-order valence-electron chi connectivity index (χ0n) is 10.8. The number of alkyl halides is 3. The van der Waals surface area contributed by atoms with Gasteiger partial charge in [-0.15, -0.1) is 13.2 Å². The van der Waals surface area contributed by atoms with Crippen molar-refractivity contribution in [2.75, 3.05) is 11.9 Å². The van der Waals surface area contributed by atoms with E-state index in [4.69, 9.17) is 4.74 Å². The number of nitrogens with one attached hydrogen (secondary N) is 1. The number of anilines is 1. The molecule has 1 N–H and O–H groups in total. The summed E-state index contributed by atoms with van der Waals surface area (Å²) in [4.78, 5) is 11.3. The molecule has 0 bridgehead atoms. The van der Waals surface area contributed by atoms with Gasteiger partial charge in [-0.25, -0.2) is 0 Å². The molecule has 0 spiro atoms. The predicted molar refractivity (Wildman–Crippen MR) is 70.5 cm³/mol. The highest BCUT2D eigenvalue weighted by Gasteiger charge is 2.32. The van der Waals surface area contributed by atoms with Gasteiger partial charge in [-0.05, 0) is 32.0 Å². The van der Waals surface area contributed by atoms with Crippen molar-refractivity contribution in [3.63, 3.8) is 0 Å². The standard InChI is InChI=1S/C12H13BrF3NO3/c1-7(2)19-11(18)6-17-9-4-3-8(13)5-10(9)20-12(14,15)16/h3-5,7,17H,6H2,1-2H3. The molecule has 1 aromatic rings. The first kappa shape index (κ1) is 16.6. The van der Waals surface area contributed by atoms with Crippen molar-refractivity contribution in [1.29, 1.82) is 0 Å². The second-order valence-corrected chi connectivity index (χ2v) is 5.00. The summed E-state index contributed by atoms with van der Waals surface area (Å²) >= 11 is 3.05. The third kappa shape index (κ3) is 6.14. The third-order valence-electron chi connectivity index (χ3n) is 1.96. The molecule has 0 amide bonds. The Morgan fingerprint density at radius 1 is 1.40 bits per heavy atom. The lowest BCUT2D eigenvalue weighted by Crippen LogP contribution is -2.22. The van der Waals surface area contributed by atoms with Crippen LogP contribution in [0.2, 0.25) is 0 Å². The van der Waals surface area contributed by atoms with Gasteiger partial charge in [0.25, 0.3) is 0 Å². The van der Waals surface area contributed by atoms with E-state index in [1.165, 1.54) is 12.1 Å². The maximum absolute atomic E-state index is 12.3. The fourth-order valence-corrected chi connectivity index (χ4v) is 1.66. The Morgan fingerprint density at radius 3 is 2.60 bits per heavy atom. The first-order chi connectivity index (χ1) is 9.17. The molecule has 0 radical (unpaired) electrons. The van der Waals surface area contributed by atoms with Gasteiger partial charge in [-0.1, -0.05) is 15.9 Å². The Kier molecular flexibility index (Phi) is 5.67. The lowest BCUT2D eigenvalue weighted by Gasteiger charge is -2.15. The van der Waals surface area contributed by atoms with Gasteiger partial charge in [0, 0.05) is 4.47 Å². The monoisotopic (exact) mass is 355 g/mol. The van der Waals surface area contributed by atoms with Crippen molar-refractivity contribution in [2.45, 2.75) is 26.3 Å². The molecule has 20 heavy (non-hydrogen) atoms. The van der Waals surface area contributed by atoms with E-state index in [1.807, 2.05) is 0 Å². The van der Waals surface area contributed by atoms with E-state index < -0.39 is 18.1 Å². The zero-order chi connectivity index (χ0) is 15.3. The Hall–Kier alpha value is -1.44. The topological polar surface area (TPSA) is 47.6 Å². The molecule has 0 aliphatic heterocycles. The smallest absolute Gasteiger partial charge is 0.462 e. The average Bonchev–Trinajstić information content (AvgIpc) is 2.24. The molecule has 112 valence electrons. The van der Waals surface area contributed by atoms with Crippen LogP contribution in [0.15, 0.2) is 22.7 Å². The maximum Gasteiger partial charge on any atom is 0.573 e. The summed E-state index contributed by atoms with van der Waals surface area (Å²) < 4.78 is 46.0. The van der Waals surface area contributed by atoms with Gasteiger partial charge < -0.3 is 14.8 Å². The summed E-state index contributed by atoms with van der Waals surface area (Å²) in [6, 6.07) is 4.05. The molecular weight excluding hydrogens is 343 g/mol. The van der Waals surface area contributed by atoms with Crippen LogP contribution in [-0.2, 0) is 9.53 Å². The van der Waals surface area contributed by atoms with E-state index in [1.54, 1.807) is 13.8 Å². The van der Waals surface area contributed by atoms with Crippen LogP contribution in [0.25, 0.3) is 0 Å². The largest absolute Gasteiger partial charge is 0.573 e. The van der Waals surface area contributed by atoms with Gasteiger partial charge in [0.15, 0.2) is 5.75 Å². The van der Waals surface area contributed by atoms with Crippen LogP contribution in [0.4, 0.5) is 18.9 Å². The molecule has 0 unspecified atom stereocenters. The molecule has 4 nitrogen and oxygen atoms in total. The quantitative estimate of drug-likeness (QED) is 0.818. The van der Waals surface area contributed by atoms with Crippen molar-refractivity contribution in [1.82, 2.24) is 0 Å². The molecule has 0 atom stereocenters. The van der Waals surface area contributed by atoms with Gasteiger partial charge in [0.1, 0.15) is 6.54 Å². The molecule has 0 aliphatic rings. The number of halogens is 4. The molecular formula is C12H13BrF3NO3. The number of carbonyl (C=O) groups excluding carboxylic acids is 1. The molecule has 8 heteroatoms. The Labute approximate surface area is 122 Å². The number of benzene rings is 1. The number of rotatable bonds is 5. The average molecular weight is 356 g/mol. The van der Waals surface area contributed by atoms with Crippen molar-refractivity contribution in [2.24, 2.45) is 0 Å². The highest BCUT2D eigenvalue weighted by atomic mass is 79.9. The fourth-order valence-electron chi connectivity index (χ4n) is 1.32. The van der Waals surface area contributed by atoms with E-state index in [-0.39, 0.29) is 18.3 Å². The zero-order valence-corrected chi connectivity index (χ0v) is 12.3.